The number of nitrogens with zero attached hydrogens (tertiary/aromatic N) is 4. The van der Waals surface area contributed by atoms with Crippen LogP contribution in [0.2, 0.25) is 0 Å². The lowest BCUT2D eigenvalue weighted by Gasteiger charge is -2.41. The number of Topliss-reactive ketones (excluding diaryl/α,β-unsaturated/α-hetero) is 2. The SMILES string of the molecule is CC(C)[C@@H](C(=O)C(=O)NCc1ccccc1)N(C(=O)N1CCC[C@H]1C)C(=O)[C@](N)(C(=O)Cn1ccc(=O)n(CC(=O)O)c1=O)C(C)C. The number of carboxylic acids is 1. The van der Waals surface area contributed by atoms with E-state index in [1.165, 1.54) is 18.7 Å². The fourth-order valence-electron chi connectivity index (χ4n) is 5.54. The number of rotatable bonds is 13. The van der Waals surface area contributed by atoms with Gasteiger partial charge in [-0.15, -0.1) is 0 Å². The zero-order valence-corrected chi connectivity index (χ0v) is 27.2. The lowest BCUT2D eigenvalue weighted by molar-refractivity contribution is -0.151. The number of carbonyl (C=O) groups excluding carboxylic acids is 5. The second-order valence-electron chi connectivity index (χ2n) is 12.4. The predicted octanol–water partition coefficient (Wildman–Crippen LogP) is 0.360. The molecule has 254 valence electrons. The average Bonchev–Trinajstić information content (AvgIpc) is 3.46. The molecule has 0 spiro atoms. The zero-order chi connectivity index (χ0) is 35.2. The molecule has 2 aromatic rings. The number of urea groups is 1. The highest BCUT2D eigenvalue weighted by atomic mass is 16.4. The normalized spacial score (nSPS) is 16.4. The minimum absolute atomic E-state index is 0.00532. The molecule has 1 fully saturated rings. The van der Waals surface area contributed by atoms with Crippen molar-refractivity contribution in [3.8, 4) is 0 Å². The van der Waals surface area contributed by atoms with Crippen LogP contribution in [0.5, 0.6) is 0 Å². The van der Waals surface area contributed by atoms with E-state index in [0.29, 0.717) is 27.9 Å². The summed E-state index contributed by atoms with van der Waals surface area (Å²) in [6.45, 7) is 6.21. The summed E-state index contributed by atoms with van der Waals surface area (Å²) in [5.41, 5.74) is 2.76. The van der Waals surface area contributed by atoms with Crippen LogP contribution < -0.4 is 22.3 Å². The predicted molar refractivity (Wildman–Crippen MR) is 169 cm³/mol. The first kappa shape index (κ1) is 36.5. The van der Waals surface area contributed by atoms with Crippen molar-refractivity contribution in [2.24, 2.45) is 17.6 Å². The maximum Gasteiger partial charge on any atom is 0.331 e. The number of hydrogen-bond acceptors (Lipinski definition) is 9. The van der Waals surface area contributed by atoms with Gasteiger partial charge in [-0.2, -0.15) is 0 Å². The number of aromatic nitrogens is 2. The van der Waals surface area contributed by atoms with E-state index >= 15 is 0 Å². The number of nitrogens with one attached hydrogen (secondary N) is 1. The Balaban J connectivity index is 2.07. The Bertz CT molecular complexity index is 1650. The Morgan fingerprint density at radius 2 is 1.66 bits per heavy atom. The maximum absolute atomic E-state index is 14.6. The molecule has 1 saturated heterocycles. The molecule has 1 aromatic heterocycles. The quantitative estimate of drug-likeness (QED) is 0.199. The fourth-order valence-corrected chi connectivity index (χ4v) is 5.54. The summed E-state index contributed by atoms with van der Waals surface area (Å²) in [7, 11) is 0. The largest absolute Gasteiger partial charge is 0.480 e. The van der Waals surface area contributed by atoms with Gasteiger partial charge in [-0.1, -0.05) is 58.0 Å². The van der Waals surface area contributed by atoms with Crippen LogP contribution >= 0.6 is 0 Å². The number of amides is 4. The average molecular weight is 655 g/mol. The number of ketones is 2. The van der Waals surface area contributed by atoms with Gasteiger partial charge in [-0.05, 0) is 37.2 Å². The number of hydrogen-bond donors (Lipinski definition) is 3. The van der Waals surface area contributed by atoms with E-state index < -0.39 is 83.1 Å². The van der Waals surface area contributed by atoms with Crippen LogP contribution in [0.25, 0.3) is 0 Å². The molecule has 15 nitrogen and oxygen atoms in total. The van der Waals surface area contributed by atoms with Crippen LogP contribution in [0.1, 0.15) is 53.0 Å². The minimum Gasteiger partial charge on any atom is -0.480 e. The van der Waals surface area contributed by atoms with E-state index in [-0.39, 0.29) is 19.1 Å². The van der Waals surface area contributed by atoms with E-state index in [1.54, 1.807) is 51.1 Å². The summed E-state index contributed by atoms with van der Waals surface area (Å²) < 4.78 is 1.14. The van der Waals surface area contributed by atoms with Crippen molar-refractivity contribution in [2.75, 3.05) is 6.54 Å². The van der Waals surface area contributed by atoms with E-state index in [4.69, 9.17) is 10.8 Å². The molecule has 2 heterocycles. The Labute approximate surface area is 271 Å². The number of benzene rings is 1. The Hall–Kier alpha value is -4.92. The molecule has 1 aliphatic heterocycles. The van der Waals surface area contributed by atoms with Gasteiger partial charge in [-0.3, -0.25) is 38.2 Å². The van der Waals surface area contributed by atoms with E-state index in [9.17, 15) is 38.4 Å². The molecule has 1 aromatic carbocycles. The molecule has 1 aliphatic rings. The van der Waals surface area contributed by atoms with Gasteiger partial charge in [0.15, 0.2) is 11.3 Å². The third kappa shape index (κ3) is 7.91. The Morgan fingerprint density at radius 3 is 2.19 bits per heavy atom. The molecule has 15 heteroatoms. The van der Waals surface area contributed by atoms with E-state index in [2.05, 4.69) is 5.32 Å². The van der Waals surface area contributed by atoms with Crippen LogP contribution in [0, 0.1) is 11.8 Å². The molecule has 0 unspecified atom stereocenters. The highest BCUT2D eigenvalue weighted by Crippen LogP contribution is 2.27. The molecule has 0 aliphatic carbocycles. The monoisotopic (exact) mass is 654 g/mol. The summed E-state index contributed by atoms with van der Waals surface area (Å²) in [5.74, 6) is -7.67. The topological polar surface area (TPSA) is 211 Å². The zero-order valence-electron chi connectivity index (χ0n) is 27.2. The van der Waals surface area contributed by atoms with Crippen molar-refractivity contribution < 1.29 is 33.9 Å². The summed E-state index contributed by atoms with van der Waals surface area (Å²) in [6, 6.07) is 6.83. The number of carboxylic acid groups (broad SMARTS) is 1. The fraction of sp³-hybridized carbons (Fsp3) is 0.500. The van der Waals surface area contributed by atoms with Crippen molar-refractivity contribution in [3.05, 3.63) is 69.0 Å². The molecular weight excluding hydrogens is 612 g/mol. The van der Waals surface area contributed by atoms with Crippen molar-refractivity contribution in [1.82, 2.24) is 24.3 Å². The standard InChI is InChI=1S/C32H42N6O9/c1-19(2)26(27(43)28(44)34-16-22-11-7-6-8-12-22)38(31(47)36-14-9-10-21(36)5)29(45)32(33,20(3)4)23(39)17-35-15-13-24(40)37(30(35)46)18-25(41)42/h6-8,11-13,15,19-21,26H,9-10,14,16-18,33H2,1-5H3,(H,34,44)(H,41,42)/t21-,26+,32-/m1/s1. The van der Waals surface area contributed by atoms with Crippen molar-refractivity contribution >= 4 is 35.4 Å². The second kappa shape index (κ2) is 15.1. The first-order chi connectivity index (χ1) is 22.0. The molecule has 4 N–H and O–H groups in total. The third-order valence-corrected chi connectivity index (χ3v) is 8.39. The van der Waals surface area contributed by atoms with Gasteiger partial charge in [0, 0.05) is 31.4 Å². The van der Waals surface area contributed by atoms with Crippen LogP contribution in [0.15, 0.2) is 52.2 Å². The molecule has 3 atom stereocenters. The van der Waals surface area contributed by atoms with E-state index in [1.807, 2.05) is 0 Å². The first-order valence-electron chi connectivity index (χ1n) is 15.4. The molecule has 0 radical (unpaired) electrons. The van der Waals surface area contributed by atoms with Crippen molar-refractivity contribution in [3.63, 3.8) is 0 Å². The highest BCUT2D eigenvalue weighted by Gasteiger charge is 2.53. The van der Waals surface area contributed by atoms with Gasteiger partial charge < -0.3 is 21.1 Å². The van der Waals surface area contributed by atoms with Crippen LogP contribution in [-0.4, -0.2) is 83.6 Å². The van der Waals surface area contributed by atoms with Crippen LogP contribution in [0.4, 0.5) is 4.79 Å². The van der Waals surface area contributed by atoms with Crippen molar-refractivity contribution in [1.29, 1.82) is 0 Å². The minimum atomic E-state index is -2.50. The summed E-state index contributed by atoms with van der Waals surface area (Å²) >= 11 is 0. The van der Waals surface area contributed by atoms with Crippen molar-refractivity contribution in [2.45, 2.75) is 84.7 Å². The van der Waals surface area contributed by atoms with Gasteiger partial charge in [0.2, 0.25) is 5.78 Å². The van der Waals surface area contributed by atoms with Gasteiger partial charge in [0.25, 0.3) is 17.4 Å². The smallest absolute Gasteiger partial charge is 0.331 e. The summed E-state index contributed by atoms with van der Waals surface area (Å²) in [5, 5.41) is 11.7. The molecule has 4 amide bonds. The Kier molecular flexibility index (Phi) is 11.8. The number of aliphatic carboxylic acids is 1. The summed E-state index contributed by atoms with van der Waals surface area (Å²) in [4.78, 5) is 108. The number of carbonyl (C=O) groups is 6. The lowest BCUT2D eigenvalue weighted by atomic mass is 9.80. The maximum atomic E-state index is 14.6. The van der Waals surface area contributed by atoms with Gasteiger partial charge in [0.1, 0.15) is 12.6 Å². The lowest BCUT2D eigenvalue weighted by Crippen LogP contribution is -2.70. The third-order valence-electron chi connectivity index (χ3n) is 8.39. The number of imide groups is 1. The molecular formula is C32H42N6O9. The van der Waals surface area contributed by atoms with Gasteiger partial charge >= 0.3 is 17.7 Å². The highest BCUT2D eigenvalue weighted by molar-refractivity contribution is 6.39. The Morgan fingerprint density at radius 1 is 1.02 bits per heavy atom. The molecule has 3 rings (SSSR count). The number of nitrogens with two attached hydrogens (primary N) is 1. The van der Waals surface area contributed by atoms with E-state index in [0.717, 1.165) is 16.8 Å². The second-order valence-corrected chi connectivity index (χ2v) is 12.4. The van der Waals surface area contributed by atoms with Crippen LogP contribution in [-0.2, 0) is 43.6 Å². The summed E-state index contributed by atoms with van der Waals surface area (Å²) in [6.07, 6.45) is 2.22. The molecule has 47 heavy (non-hydrogen) atoms. The van der Waals surface area contributed by atoms with Gasteiger partial charge in [0.05, 0.1) is 6.54 Å². The number of likely N-dealkylation sites (tertiary alicyclic amines) is 1. The van der Waals surface area contributed by atoms with Gasteiger partial charge in [-0.25, -0.2) is 14.2 Å². The first-order valence-corrected chi connectivity index (χ1v) is 15.4. The molecule has 0 saturated carbocycles. The molecule has 0 bridgehead atoms. The van der Waals surface area contributed by atoms with Crippen LogP contribution in [0.3, 0.4) is 0 Å².